The van der Waals surface area contributed by atoms with Gasteiger partial charge in [0.1, 0.15) is 5.60 Å². The molecule has 3 aromatic rings. The third kappa shape index (κ3) is 5.97. The summed E-state index contributed by atoms with van der Waals surface area (Å²) in [5.41, 5.74) is 5.44. The highest BCUT2D eigenvalue weighted by atomic mass is 32.1. The standard InChI is InChI=1S/C21H23N5O3S2/c1-21(2,3)29-19(28)24-26(22)20(30)25(12-14-7-5-4-6-8-14)18(27)15-9-10-16-17(11-15)31-13-23-16/h4-11,13H,12,22H2,1-3H3,(H,24,28). The van der Waals surface area contributed by atoms with E-state index in [0.717, 1.165) is 20.9 Å². The molecule has 2 aromatic carbocycles. The molecule has 0 aliphatic heterocycles. The Balaban J connectivity index is 1.85. The summed E-state index contributed by atoms with van der Waals surface area (Å²) < 4.78 is 6.08. The van der Waals surface area contributed by atoms with Crippen molar-refractivity contribution in [2.75, 3.05) is 0 Å². The summed E-state index contributed by atoms with van der Waals surface area (Å²) in [5.74, 6) is 5.60. The molecule has 1 aromatic heterocycles. The Morgan fingerprint density at radius 2 is 1.90 bits per heavy atom. The summed E-state index contributed by atoms with van der Waals surface area (Å²) in [6.45, 7) is 5.36. The summed E-state index contributed by atoms with van der Waals surface area (Å²) in [6, 6.07) is 14.6. The minimum absolute atomic E-state index is 0.0795. The first kappa shape index (κ1) is 22.6. The number of fused-ring (bicyclic) bond motifs is 1. The second kappa shape index (κ2) is 9.38. The first-order chi connectivity index (χ1) is 14.6. The first-order valence-corrected chi connectivity index (χ1v) is 10.7. The van der Waals surface area contributed by atoms with Crippen molar-refractivity contribution in [1.82, 2.24) is 20.4 Å². The van der Waals surface area contributed by atoms with Crippen LogP contribution < -0.4 is 11.3 Å². The first-order valence-electron chi connectivity index (χ1n) is 9.41. The maximum Gasteiger partial charge on any atom is 0.427 e. The van der Waals surface area contributed by atoms with Gasteiger partial charge >= 0.3 is 6.09 Å². The Morgan fingerprint density at radius 1 is 1.19 bits per heavy atom. The number of rotatable bonds is 3. The number of aromatic nitrogens is 1. The Morgan fingerprint density at radius 3 is 2.58 bits per heavy atom. The van der Waals surface area contributed by atoms with Crippen LogP contribution in [-0.2, 0) is 11.3 Å². The van der Waals surface area contributed by atoms with Gasteiger partial charge < -0.3 is 4.74 Å². The summed E-state index contributed by atoms with van der Waals surface area (Å²) >= 11 is 6.88. The zero-order valence-electron chi connectivity index (χ0n) is 17.4. The molecule has 3 rings (SSSR count). The second-order valence-corrected chi connectivity index (χ2v) is 8.93. The molecule has 0 aliphatic rings. The van der Waals surface area contributed by atoms with Gasteiger partial charge in [0.15, 0.2) is 0 Å². The van der Waals surface area contributed by atoms with Crippen molar-refractivity contribution < 1.29 is 14.3 Å². The number of hydrogen-bond donors (Lipinski definition) is 2. The van der Waals surface area contributed by atoms with Crippen LogP contribution in [-0.4, -0.2) is 37.7 Å². The molecule has 1 heterocycles. The fraction of sp³-hybridized carbons (Fsp3) is 0.238. The Kier molecular flexibility index (Phi) is 6.84. The van der Waals surface area contributed by atoms with Crippen LogP contribution in [0.1, 0.15) is 36.7 Å². The van der Waals surface area contributed by atoms with E-state index in [2.05, 4.69) is 10.4 Å². The van der Waals surface area contributed by atoms with Gasteiger partial charge in [0, 0.05) is 5.56 Å². The van der Waals surface area contributed by atoms with Gasteiger partial charge in [-0.15, -0.1) is 11.3 Å². The molecule has 0 fully saturated rings. The average molecular weight is 458 g/mol. The van der Waals surface area contributed by atoms with E-state index in [1.54, 1.807) is 44.5 Å². The number of hydrogen-bond acceptors (Lipinski definition) is 7. The van der Waals surface area contributed by atoms with Crippen molar-refractivity contribution in [3.05, 3.63) is 65.2 Å². The average Bonchev–Trinajstić information content (AvgIpc) is 3.18. The van der Waals surface area contributed by atoms with Gasteiger partial charge in [-0.25, -0.2) is 21.0 Å². The van der Waals surface area contributed by atoms with Crippen LogP contribution in [0.4, 0.5) is 4.79 Å². The number of nitrogens with two attached hydrogens (primary N) is 1. The predicted molar refractivity (Wildman–Crippen MR) is 124 cm³/mol. The van der Waals surface area contributed by atoms with Crippen LogP contribution in [0.5, 0.6) is 0 Å². The highest BCUT2D eigenvalue weighted by Crippen LogP contribution is 2.21. The summed E-state index contributed by atoms with van der Waals surface area (Å²) in [4.78, 5) is 31.0. The highest BCUT2D eigenvalue weighted by molar-refractivity contribution is 7.80. The smallest absolute Gasteiger partial charge is 0.427 e. The van der Waals surface area contributed by atoms with Gasteiger partial charge in [-0.2, -0.15) is 5.12 Å². The van der Waals surface area contributed by atoms with E-state index in [-0.39, 0.29) is 17.6 Å². The van der Waals surface area contributed by atoms with Crippen molar-refractivity contribution in [1.29, 1.82) is 0 Å². The molecule has 162 valence electrons. The number of nitrogens with zero attached hydrogens (tertiary/aromatic N) is 3. The number of nitrogens with one attached hydrogen (secondary N) is 1. The quantitative estimate of drug-likeness (QED) is 0.350. The minimum Gasteiger partial charge on any atom is -0.443 e. The molecule has 0 saturated heterocycles. The number of carbonyl (C=O) groups is 2. The molecule has 0 aliphatic carbocycles. The molecule has 31 heavy (non-hydrogen) atoms. The van der Waals surface area contributed by atoms with Crippen LogP contribution in [0.25, 0.3) is 10.2 Å². The van der Waals surface area contributed by atoms with E-state index in [9.17, 15) is 9.59 Å². The Labute approximate surface area is 189 Å². The lowest BCUT2D eigenvalue weighted by Gasteiger charge is -2.30. The number of benzene rings is 2. The van der Waals surface area contributed by atoms with Crippen molar-refractivity contribution in [2.45, 2.75) is 32.9 Å². The zero-order chi connectivity index (χ0) is 22.6. The molecule has 0 spiro atoms. The molecule has 0 bridgehead atoms. The number of thiocarbonyl (C=S) groups is 1. The van der Waals surface area contributed by atoms with Gasteiger partial charge in [0.25, 0.3) is 5.91 Å². The van der Waals surface area contributed by atoms with Crippen LogP contribution in [0.3, 0.4) is 0 Å². The minimum atomic E-state index is -0.782. The van der Waals surface area contributed by atoms with Crippen LogP contribution in [0.2, 0.25) is 0 Å². The van der Waals surface area contributed by atoms with Gasteiger partial charge in [-0.05, 0) is 56.8 Å². The monoisotopic (exact) mass is 457 g/mol. The molecule has 3 N–H and O–H groups in total. The molecule has 0 saturated carbocycles. The van der Waals surface area contributed by atoms with Crippen molar-refractivity contribution in [3.63, 3.8) is 0 Å². The highest BCUT2D eigenvalue weighted by Gasteiger charge is 2.26. The lowest BCUT2D eigenvalue weighted by Crippen LogP contribution is -2.57. The maximum atomic E-state index is 13.4. The summed E-state index contributed by atoms with van der Waals surface area (Å²) in [7, 11) is 0. The molecule has 10 heteroatoms. The van der Waals surface area contributed by atoms with E-state index >= 15 is 0 Å². The van der Waals surface area contributed by atoms with Gasteiger partial charge in [-0.1, -0.05) is 30.3 Å². The van der Waals surface area contributed by atoms with E-state index in [1.165, 1.54) is 16.2 Å². The number of amides is 2. The molecule has 0 unspecified atom stereocenters. The topological polar surface area (TPSA) is 101 Å². The molecular weight excluding hydrogens is 434 g/mol. The summed E-state index contributed by atoms with van der Waals surface area (Å²) in [5, 5.41) is 0.735. The van der Waals surface area contributed by atoms with Crippen LogP contribution >= 0.6 is 23.6 Å². The molecule has 0 atom stereocenters. The van der Waals surface area contributed by atoms with Crippen molar-refractivity contribution in [3.8, 4) is 0 Å². The largest absolute Gasteiger partial charge is 0.443 e. The lowest BCUT2D eigenvalue weighted by atomic mass is 10.1. The molecular formula is C21H23N5O3S2. The van der Waals surface area contributed by atoms with Gasteiger partial charge in [0.2, 0.25) is 5.11 Å². The van der Waals surface area contributed by atoms with E-state index < -0.39 is 11.7 Å². The SMILES string of the molecule is CC(C)(C)OC(=O)NN(N)C(=S)N(Cc1ccccc1)C(=O)c1ccc2ncsc2c1. The summed E-state index contributed by atoms with van der Waals surface area (Å²) in [6.07, 6.45) is -0.782. The van der Waals surface area contributed by atoms with Crippen molar-refractivity contribution >= 4 is 50.9 Å². The predicted octanol–water partition coefficient (Wildman–Crippen LogP) is 3.84. The van der Waals surface area contributed by atoms with Crippen LogP contribution in [0.15, 0.2) is 54.0 Å². The second-order valence-electron chi connectivity index (χ2n) is 7.68. The third-order valence-corrected chi connectivity index (χ3v) is 5.26. The number of hydrazine groups is 2. The molecule has 8 nitrogen and oxygen atoms in total. The van der Waals surface area contributed by atoms with E-state index in [1.807, 2.05) is 30.3 Å². The fourth-order valence-electron chi connectivity index (χ4n) is 2.71. The number of thiazole rings is 1. The Hall–Kier alpha value is -3.08. The van der Waals surface area contributed by atoms with Gasteiger partial charge in [0.05, 0.1) is 22.3 Å². The van der Waals surface area contributed by atoms with E-state index in [4.69, 9.17) is 22.8 Å². The molecule has 2 amide bonds. The normalized spacial score (nSPS) is 11.1. The third-order valence-electron chi connectivity index (χ3n) is 4.05. The van der Waals surface area contributed by atoms with Crippen molar-refractivity contribution in [2.24, 2.45) is 5.84 Å². The lowest BCUT2D eigenvalue weighted by molar-refractivity contribution is 0.0400. The zero-order valence-corrected chi connectivity index (χ0v) is 19.0. The van der Waals surface area contributed by atoms with E-state index in [0.29, 0.717) is 5.56 Å². The number of ether oxygens (including phenoxy) is 1. The maximum absolute atomic E-state index is 13.4. The fourth-order valence-corrected chi connectivity index (χ4v) is 3.62. The number of carbonyl (C=O) groups excluding carboxylic acids is 2. The molecule has 0 radical (unpaired) electrons. The van der Waals surface area contributed by atoms with Crippen LogP contribution in [0, 0.1) is 0 Å². The Bertz CT molecular complexity index is 1100. The van der Waals surface area contributed by atoms with Gasteiger partial charge in [-0.3, -0.25) is 9.69 Å².